The fraction of sp³-hybridized carbons (Fsp3) is 0.696. The average molecular weight is 1120 g/mol. The number of fused-ring (bicyclic) bond motifs is 2. The number of phenolic OH excluding ortho intramolecular Hbond substituents is 1. The number of aliphatic hydroxyl groups is 6. The van der Waals surface area contributed by atoms with Crippen molar-refractivity contribution >= 4 is 57.8 Å². The van der Waals surface area contributed by atoms with Crippen molar-refractivity contribution in [3.63, 3.8) is 0 Å². The monoisotopic (exact) mass is 1120 g/mol. The Morgan fingerprint density at radius 3 is 2.12 bits per heavy atom. The molecule has 1 aromatic carbocycles. The van der Waals surface area contributed by atoms with Crippen LogP contribution in [0.2, 0.25) is 0 Å². The largest absolute Gasteiger partial charge is 0.504 e. The van der Waals surface area contributed by atoms with Crippen LogP contribution in [0, 0.1) is 5.92 Å². The van der Waals surface area contributed by atoms with Gasteiger partial charge in [0.25, 0.3) is 0 Å². The van der Waals surface area contributed by atoms with Crippen molar-refractivity contribution in [2.24, 2.45) is 5.92 Å². The van der Waals surface area contributed by atoms with Crippen LogP contribution in [-0.4, -0.2) is 249 Å². The summed E-state index contributed by atoms with van der Waals surface area (Å²) in [5.74, 6) is -10.9. The number of aliphatic hydroxyl groups excluding tert-OH is 6. The van der Waals surface area contributed by atoms with Gasteiger partial charge in [0, 0.05) is 71.6 Å². The molecule has 3 saturated heterocycles. The summed E-state index contributed by atoms with van der Waals surface area (Å²) in [7, 11) is -1.99. The van der Waals surface area contributed by atoms with Gasteiger partial charge < -0.3 is 96.0 Å². The summed E-state index contributed by atoms with van der Waals surface area (Å²) in [4.78, 5) is 116. The van der Waals surface area contributed by atoms with Crippen molar-refractivity contribution in [2.75, 3.05) is 60.0 Å². The predicted molar refractivity (Wildman–Crippen MR) is 264 cm³/mol. The first-order chi connectivity index (χ1) is 35.8. The lowest BCUT2D eigenvalue weighted by atomic mass is 9.98. The fourth-order valence-corrected chi connectivity index (χ4v) is 9.08. The predicted octanol–water partition coefficient (Wildman–Crippen LogP) is -6.30. The van der Waals surface area contributed by atoms with E-state index in [4.69, 9.17) is 9.47 Å². The van der Waals surface area contributed by atoms with Crippen LogP contribution >= 0.6 is 0 Å². The molecular weight excluding hydrogens is 1050 g/mol. The van der Waals surface area contributed by atoms with Crippen LogP contribution in [0.4, 0.5) is 4.79 Å². The molecule has 0 radical (unpaired) electrons. The number of benzene rings is 1. The molecule has 3 heterocycles. The number of nitrogens with zero attached hydrogens (tertiary/aromatic N) is 3. The molecule has 3 fully saturated rings. The first-order valence-corrected chi connectivity index (χ1v) is 26.0. The second-order valence-electron chi connectivity index (χ2n) is 20.3. The second kappa shape index (κ2) is 27.5. The standard InChI is InChI=1S/C46H73N9O21S/c1-22-20-55-37(38(22)63)42(67)48-19-25(57)16-27(49-45(70)75-46(3,4)5)39(64)50-34(23(2)56)43(68)54-21-26(58)17-28(54)40(65)51-35(30(60)14-24-8-9-29(59)32(15-24)76-77(71,72)73)41(66)52-36(44(55)69)31(61)18-33(62)47-10-11-53(6)12-13-74-7/h8-9,15,22-23,25-28,30-31,34-38,56-61,63H,10-14,16-21H2,1-7H3,(H,47,62)(H,48,67)(H,49,70)(H,50,64)(H,51,65)(H,52,66)(H,71,72,73)/t22-,23+,25+,26+,27?,28-,30+,31+,34?,35-,36-,37-,38-/m0/s1. The molecule has 0 aromatic heterocycles. The van der Waals surface area contributed by atoms with Crippen molar-refractivity contribution in [3.8, 4) is 11.5 Å². The van der Waals surface area contributed by atoms with Crippen molar-refractivity contribution in [2.45, 2.75) is 139 Å². The zero-order valence-corrected chi connectivity index (χ0v) is 44.5. The number of methoxy groups -OCH3 is 1. The van der Waals surface area contributed by atoms with Gasteiger partial charge in [0.1, 0.15) is 41.9 Å². The Kier molecular flexibility index (Phi) is 22.7. The molecule has 3 aliphatic rings. The van der Waals surface area contributed by atoms with Crippen molar-refractivity contribution in [1.82, 2.24) is 46.6 Å². The summed E-state index contributed by atoms with van der Waals surface area (Å²) in [6, 6.07) is -9.00. The number of aromatic hydroxyl groups is 1. The Morgan fingerprint density at radius 1 is 0.857 bits per heavy atom. The van der Waals surface area contributed by atoms with Gasteiger partial charge in [-0.15, -0.1) is 0 Å². The second-order valence-corrected chi connectivity index (χ2v) is 21.4. The van der Waals surface area contributed by atoms with E-state index in [0.29, 0.717) is 19.7 Å². The number of likely N-dealkylation sites (N-methyl/N-ethyl adjacent to an activating group) is 1. The van der Waals surface area contributed by atoms with Gasteiger partial charge in [-0.25, -0.2) is 4.79 Å². The number of β-amino-alcohol motifs (C(OH)–C–C–N with tert-alkyl or cyclic N) is 1. The minimum absolute atomic E-state index is 0.0323. The normalized spacial score (nSPS) is 27.7. The molecule has 1 aromatic rings. The van der Waals surface area contributed by atoms with E-state index in [2.05, 4.69) is 36.1 Å². The summed E-state index contributed by atoms with van der Waals surface area (Å²) in [5.41, 5.74) is -1.24. The third-order valence-corrected chi connectivity index (χ3v) is 13.1. The van der Waals surface area contributed by atoms with Crippen LogP contribution in [0.1, 0.15) is 59.4 Å². The molecule has 8 amide bonds. The molecule has 30 nitrogen and oxygen atoms in total. The van der Waals surface area contributed by atoms with Gasteiger partial charge in [0.15, 0.2) is 11.5 Å². The van der Waals surface area contributed by atoms with Crippen molar-refractivity contribution < 1.29 is 101 Å². The topological polar surface area (TPSA) is 442 Å². The molecule has 0 aliphatic carbocycles. The molecule has 434 valence electrons. The van der Waals surface area contributed by atoms with Gasteiger partial charge in [-0.2, -0.15) is 8.42 Å². The van der Waals surface area contributed by atoms with Crippen molar-refractivity contribution in [1.29, 1.82) is 0 Å². The van der Waals surface area contributed by atoms with Crippen LogP contribution in [0.15, 0.2) is 18.2 Å². The molecule has 14 N–H and O–H groups in total. The highest BCUT2D eigenvalue weighted by Crippen LogP contribution is 2.30. The number of alkyl carbamates (subject to hydrolysis) is 1. The number of hydrogen-bond acceptors (Lipinski definition) is 21. The Labute approximate surface area is 444 Å². The number of nitrogens with one attached hydrogen (secondary N) is 6. The lowest BCUT2D eigenvalue weighted by molar-refractivity contribution is -0.147. The molecule has 0 spiro atoms. The smallest absolute Gasteiger partial charge is 0.446 e. The van der Waals surface area contributed by atoms with Gasteiger partial charge >= 0.3 is 16.5 Å². The van der Waals surface area contributed by atoms with Gasteiger partial charge in [0.05, 0.1) is 49.7 Å². The van der Waals surface area contributed by atoms with Crippen LogP contribution in [-0.2, 0) is 59.9 Å². The zero-order valence-electron chi connectivity index (χ0n) is 43.7. The quantitative estimate of drug-likeness (QED) is 0.0685. The maximum absolute atomic E-state index is 14.8. The minimum atomic E-state index is -5.23. The highest BCUT2D eigenvalue weighted by atomic mass is 32.3. The van der Waals surface area contributed by atoms with Gasteiger partial charge in [0.2, 0.25) is 41.4 Å². The van der Waals surface area contributed by atoms with E-state index in [1.807, 2.05) is 4.90 Å². The minimum Gasteiger partial charge on any atom is -0.504 e. The molecule has 4 rings (SSSR count). The Hall–Kier alpha value is -6.03. The third kappa shape index (κ3) is 18.6. The highest BCUT2D eigenvalue weighted by molar-refractivity contribution is 7.81. The maximum Gasteiger partial charge on any atom is 0.446 e. The number of hydrogen-bond donors (Lipinski definition) is 14. The first kappa shape index (κ1) is 63.5. The van der Waals surface area contributed by atoms with Crippen LogP contribution < -0.4 is 36.1 Å². The number of carbonyl (C=O) groups excluding carboxylic acids is 8. The van der Waals surface area contributed by atoms with E-state index < -0.39 is 199 Å². The Balaban J connectivity index is 1.86. The summed E-state index contributed by atoms with van der Waals surface area (Å²) in [5, 5.41) is 92.3. The lowest BCUT2D eigenvalue weighted by Gasteiger charge is -2.34. The Morgan fingerprint density at radius 2 is 1.49 bits per heavy atom. The van der Waals surface area contributed by atoms with E-state index in [9.17, 15) is 87.1 Å². The molecule has 77 heavy (non-hydrogen) atoms. The molecule has 0 bridgehead atoms. The Bertz CT molecular complexity index is 2390. The maximum atomic E-state index is 14.8. The highest BCUT2D eigenvalue weighted by Gasteiger charge is 2.50. The molecule has 13 atom stereocenters. The first-order valence-electron chi connectivity index (χ1n) is 24.6. The summed E-state index contributed by atoms with van der Waals surface area (Å²) < 4.78 is 47.1. The van der Waals surface area contributed by atoms with E-state index in [-0.39, 0.29) is 12.1 Å². The summed E-state index contributed by atoms with van der Waals surface area (Å²) in [6.07, 6.45) is -15.0. The molecular formula is C46H73N9O21S. The number of rotatable bonds is 16. The number of ether oxygens (including phenoxy) is 2. The summed E-state index contributed by atoms with van der Waals surface area (Å²) >= 11 is 0. The fourth-order valence-electron chi connectivity index (χ4n) is 8.72. The van der Waals surface area contributed by atoms with Gasteiger partial charge in [-0.1, -0.05) is 13.0 Å². The third-order valence-electron chi connectivity index (χ3n) is 12.7. The van der Waals surface area contributed by atoms with Gasteiger partial charge in [-0.3, -0.25) is 38.1 Å². The zero-order chi connectivity index (χ0) is 57.9. The van der Waals surface area contributed by atoms with Gasteiger partial charge in [-0.05, 0) is 52.4 Å². The van der Waals surface area contributed by atoms with Crippen LogP contribution in [0.3, 0.4) is 0 Å². The van der Waals surface area contributed by atoms with E-state index in [1.165, 1.54) is 34.8 Å². The van der Waals surface area contributed by atoms with Crippen LogP contribution in [0.5, 0.6) is 11.5 Å². The summed E-state index contributed by atoms with van der Waals surface area (Å²) in [6.45, 7) is 6.51. The van der Waals surface area contributed by atoms with E-state index in [0.717, 1.165) is 34.9 Å². The average Bonchev–Trinajstić information content (AvgIpc) is 3.86. The number of phenols is 1. The molecule has 31 heteroatoms. The molecule has 2 unspecified atom stereocenters. The van der Waals surface area contributed by atoms with E-state index in [1.54, 1.807) is 7.05 Å². The lowest BCUT2D eigenvalue weighted by Crippen LogP contribution is -2.64. The molecule has 3 aliphatic heterocycles. The van der Waals surface area contributed by atoms with Crippen molar-refractivity contribution in [3.05, 3.63) is 23.8 Å². The van der Waals surface area contributed by atoms with Crippen LogP contribution in [0.25, 0.3) is 0 Å². The SMILES string of the molecule is COCCN(C)CCNC(=O)C[C@@H](O)[C@@H]1NC(=O)[C@H]([C@H](O)Cc2ccc(O)c(OS(=O)(=O)O)c2)NC(=O)[C@@H]2C[C@@H](O)CN2C(=O)C([C@@H](C)O)NC(=O)C(NC(=O)OC(C)(C)C)C[C@@H](O)CNC(=O)[C@@H]2[C@@H](O)[C@@H](C)CN2C1=O. The number of carbonyl (C=O) groups is 8. The molecule has 0 saturated carbocycles. The van der Waals surface area contributed by atoms with E-state index >= 15 is 0 Å². The number of amides is 8.